The highest BCUT2D eigenvalue weighted by Crippen LogP contribution is 2.36. The smallest absolute Gasteiger partial charge is 0.282 e. The van der Waals surface area contributed by atoms with Crippen LogP contribution < -0.4 is 19.8 Å². The first-order chi connectivity index (χ1) is 21.6. The molecule has 4 aromatic carbocycles. The van der Waals surface area contributed by atoms with Gasteiger partial charge in [0.25, 0.3) is 5.56 Å². The summed E-state index contributed by atoms with van der Waals surface area (Å²) in [7, 11) is 1.56. The summed E-state index contributed by atoms with van der Waals surface area (Å²) in [4.78, 5) is 18.9. The van der Waals surface area contributed by atoms with Crippen LogP contribution in [0.1, 0.15) is 48.9 Å². The van der Waals surface area contributed by atoms with Gasteiger partial charge in [0.15, 0.2) is 17.3 Å². The predicted octanol–water partition coefficient (Wildman–Crippen LogP) is 9.43. The summed E-state index contributed by atoms with van der Waals surface area (Å²) in [6, 6.07) is 20.2. The fourth-order valence-corrected chi connectivity index (χ4v) is 5.75. The molecular formula is C35H32BrCl2N3O4. The van der Waals surface area contributed by atoms with E-state index >= 15 is 0 Å². The van der Waals surface area contributed by atoms with Gasteiger partial charge in [-0.3, -0.25) is 4.79 Å². The standard InChI is InChI=1S/C35H32BrCl2N3O4/c1-6-44-31-13-21(4)27(17-26(31)20(2)3)34-40-30-10-8-7-9-25(30)35(42)41(34)39-18-23-15-24(36)16-32(43-5)33(23)45-19-22-11-12-28(37)29(38)14-22/h7-18,20H,6,19H2,1-5H3. The molecule has 5 rings (SSSR count). The van der Waals surface area contributed by atoms with Gasteiger partial charge in [0.1, 0.15) is 12.4 Å². The minimum absolute atomic E-state index is 0.180. The van der Waals surface area contributed by atoms with Crippen LogP contribution in [0.3, 0.4) is 0 Å². The second-order valence-corrected chi connectivity index (χ2v) is 12.4. The first-order valence-corrected chi connectivity index (χ1v) is 15.9. The van der Waals surface area contributed by atoms with Crippen molar-refractivity contribution in [2.45, 2.75) is 40.2 Å². The van der Waals surface area contributed by atoms with Crippen LogP contribution in [0.25, 0.3) is 22.3 Å². The molecule has 1 heterocycles. The number of nitrogens with zero attached hydrogens (tertiary/aromatic N) is 3. The van der Waals surface area contributed by atoms with E-state index in [2.05, 4.69) is 29.8 Å². The van der Waals surface area contributed by atoms with Gasteiger partial charge in [0.2, 0.25) is 0 Å². The summed E-state index contributed by atoms with van der Waals surface area (Å²) in [5.74, 6) is 2.34. The zero-order valence-electron chi connectivity index (χ0n) is 25.5. The van der Waals surface area contributed by atoms with Crippen molar-refractivity contribution < 1.29 is 14.2 Å². The molecule has 0 unspecified atom stereocenters. The summed E-state index contributed by atoms with van der Waals surface area (Å²) in [5.41, 5.74) is 4.39. The van der Waals surface area contributed by atoms with Crippen LogP contribution in [0, 0.1) is 6.92 Å². The van der Waals surface area contributed by atoms with Crippen molar-refractivity contribution in [3.05, 3.63) is 114 Å². The minimum Gasteiger partial charge on any atom is -0.494 e. The summed E-state index contributed by atoms with van der Waals surface area (Å²) < 4.78 is 19.9. The van der Waals surface area contributed by atoms with Crippen molar-refractivity contribution in [3.63, 3.8) is 0 Å². The SMILES string of the molecule is CCOc1cc(C)c(-c2nc3ccccc3c(=O)n2N=Cc2cc(Br)cc(OC)c2OCc2ccc(Cl)c(Cl)c2)cc1C(C)C. The molecule has 1 aromatic heterocycles. The monoisotopic (exact) mass is 707 g/mol. The molecule has 0 amide bonds. The molecule has 0 N–H and O–H groups in total. The Hall–Kier alpha value is -3.85. The highest BCUT2D eigenvalue weighted by molar-refractivity contribution is 9.10. The highest BCUT2D eigenvalue weighted by atomic mass is 79.9. The zero-order valence-corrected chi connectivity index (χ0v) is 28.6. The maximum atomic E-state index is 14.0. The molecule has 0 spiro atoms. The van der Waals surface area contributed by atoms with Gasteiger partial charge in [-0.1, -0.05) is 71.2 Å². The number of benzene rings is 4. The van der Waals surface area contributed by atoms with Crippen molar-refractivity contribution >= 4 is 56.2 Å². The zero-order chi connectivity index (χ0) is 32.2. The van der Waals surface area contributed by atoms with E-state index in [-0.39, 0.29) is 18.1 Å². The summed E-state index contributed by atoms with van der Waals surface area (Å²) in [5, 5.41) is 6.07. The van der Waals surface area contributed by atoms with E-state index < -0.39 is 0 Å². The fraction of sp³-hybridized carbons (Fsp3) is 0.229. The Morgan fingerprint density at radius 2 is 1.78 bits per heavy atom. The number of ether oxygens (including phenoxy) is 3. The van der Waals surface area contributed by atoms with Gasteiger partial charge in [0.05, 0.1) is 40.9 Å². The van der Waals surface area contributed by atoms with Gasteiger partial charge in [-0.25, -0.2) is 4.98 Å². The van der Waals surface area contributed by atoms with Crippen LogP contribution in [0.2, 0.25) is 10.0 Å². The van der Waals surface area contributed by atoms with Gasteiger partial charge < -0.3 is 14.2 Å². The molecule has 5 aromatic rings. The van der Waals surface area contributed by atoms with E-state index in [4.69, 9.17) is 47.5 Å². The number of aryl methyl sites for hydroxylation is 1. The third kappa shape index (κ3) is 7.03. The lowest BCUT2D eigenvalue weighted by Gasteiger charge is -2.18. The van der Waals surface area contributed by atoms with Gasteiger partial charge in [-0.05, 0) is 85.0 Å². The largest absolute Gasteiger partial charge is 0.494 e. The Morgan fingerprint density at radius 3 is 2.49 bits per heavy atom. The highest BCUT2D eigenvalue weighted by Gasteiger charge is 2.19. The molecule has 0 fully saturated rings. The van der Waals surface area contributed by atoms with Gasteiger partial charge in [-0.15, -0.1) is 0 Å². The van der Waals surface area contributed by atoms with Crippen molar-refractivity contribution in [1.82, 2.24) is 9.66 Å². The van der Waals surface area contributed by atoms with E-state index in [0.29, 0.717) is 50.4 Å². The Morgan fingerprint density at radius 1 is 1.00 bits per heavy atom. The Labute approximate surface area is 280 Å². The molecule has 0 aliphatic heterocycles. The van der Waals surface area contributed by atoms with Gasteiger partial charge >= 0.3 is 0 Å². The molecule has 232 valence electrons. The van der Waals surface area contributed by atoms with E-state index in [1.165, 1.54) is 4.68 Å². The normalized spacial score (nSPS) is 11.5. The Balaban J connectivity index is 1.66. The van der Waals surface area contributed by atoms with Crippen LogP contribution in [0.5, 0.6) is 17.2 Å². The lowest BCUT2D eigenvalue weighted by atomic mass is 9.96. The molecule has 7 nitrogen and oxygen atoms in total. The summed E-state index contributed by atoms with van der Waals surface area (Å²) in [6.07, 6.45) is 1.58. The van der Waals surface area contributed by atoms with Gasteiger partial charge in [0, 0.05) is 15.6 Å². The first-order valence-electron chi connectivity index (χ1n) is 14.4. The number of hydrogen-bond acceptors (Lipinski definition) is 6. The van der Waals surface area contributed by atoms with E-state index in [1.807, 2.05) is 56.3 Å². The van der Waals surface area contributed by atoms with Crippen LogP contribution in [-0.4, -0.2) is 29.6 Å². The molecule has 0 atom stereocenters. The summed E-state index contributed by atoms with van der Waals surface area (Å²) in [6.45, 7) is 8.90. The van der Waals surface area contributed by atoms with E-state index in [9.17, 15) is 4.79 Å². The van der Waals surface area contributed by atoms with Crippen LogP contribution in [0.4, 0.5) is 0 Å². The van der Waals surface area contributed by atoms with E-state index in [0.717, 1.165) is 32.5 Å². The molecule has 0 aliphatic rings. The first kappa shape index (κ1) is 32.5. The molecule has 0 radical (unpaired) electrons. The topological polar surface area (TPSA) is 74.9 Å². The third-order valence-electron chi connectivity index (χ3n) is 7.22. The number of fused-ring (bicyclic) bond motifs is 1. The average molecular weight is 709 g/mol. The lowest BCUT2D eigenvalue weighted by molar-refractivity contribution is 0.284. The third-order valence-corrected chi connectivity index (χ3v) is 8.42. The number of methoxy groups -OCH3 is 1. The quantitative estimate of drug-likeness (QED) is 0.135. The minimum atomic E-state index is -0.300. The predicted molar refractivity (Wildman–Crippen MR) is 186 cm³/mol. The fourth-order valence-electron chi connectivity index (χ4n) is 4.97. The van der Waals surface area contributed by atoms with E-state index in [1.54, 1.807) is 37.6 Å². The maximum absolute atomic E-state index is 14.0. The van der Waals surface area contributed by atoms with Crippen molar-refractivity contribution in [3.8, 4) is 28.6 Å². The molecule has 10 heteroatoms. The second kappa shape index (κ2) is 14.1. The molecular weight excluding hydrogens is 677 g/mol. The van der Waals surface area contributed by atoms with Crippen molar-refractivity contribution in [2.75, 3.05) is 13.7 Å². The molecule has 45 heavy (non-hydrogen) atoms. The Kier molecular flexibility index (Phi) is 10.2. The molecule has 0 saturated carbocycles. The lowest BCUT2D eigenvalue weighted by Crippen LogP contribution is -2.21. The molecule has 0 saturated heterocycles. The maximum Gasteiger partial charge on any atom is 0.282 e. The Bertz CT molecular complexity index is 1970. The van der Waals surface area contributed by atoms with Crippen LogP contribution in [-0.2, 0) is 6.61 Å². The average Bonchev–Trinajstić information content (AvgIpc) is 3.01. The summed E-state index contributed by atoms with van der Waals surface area (Å²) >= 11 is 15.9. The number of halogens is 3. The number of rotatable bonds is 10. The van der Waals surface area contributed by atoms with Crippen LogP contribution >= 0.6 is 39.1 Å². The van der Waals surface area contributed by atoms with Crippen molar-refractivity contribution in [1.29, 1.82) is 0 Å². The molecule has 0 aliphatic carbocycles. The molecule has 0 bridgehead atoms. The van der Waals surface area contributed by atoms with Crippen molar-refractivity contribution in [2.24, 2.45) is 5.10 Å². The number of para-hydroxylation sites is 1. The number of aromatic nitrogens is 2. The van der Waals surface area contributed by atoms with Crippen LogP contribution in [0.15, 0.2) is 81.1 Å². The number of hydrogen-bond donors (Lipinski definition) is 0. The second-order valence-electron chi connectivity index (χ2n) is 10.7. The van der Waals surface area contributed by atoms with Gasteiger partial charge in [-0.2, -0.15) is 9.78 Å².